The number of nitrogens with zero attached hydrogens (tertiary/aromatic N) is 4. The summed E-state index contributed by atoms with van der Waals surface area (Å²) in [7, 11) is 0. The van der Waals surface area contributed by atoms with Gasteiger partial charge in [0.1, 0.15) is 19.7 Å². The highest BCUT2D eigenvalue weighted by Gasteiger charge is 2.71. The summed E-state index contributed by atoms with van der Waals surface area (Å²) in [6.07, 6.45) is -2.50. The van der Waals surface area contributed by atoms with Crippen LogP contribution in [0.15, 0.2) is 11.1 Å². The lowest BCUT2D eigenvalue weighted by molar-refractivity contribution is -0.791. The number of carboxylic acids is 2. The van der Waals surface area contributed by atoms with Crippen molar-refractivity contribution in [1.29, 1.82) is 0 Å². The van der Waals surface area contributed by atoms with Crippen molar-refractivity contribution in [1.82, 2.24) is 0 Å². The minimum atomic E-state index is -3.86. The summed E-state index contributed by atoms with van der Waals surface area (Å²) in [6.45, 7) is 1.50. The van der Waals surface area contributed by atoms with Gasteiger partial charge in [-0.25, -0.2) is 9.59 Å². The van der Waals surface area contributed by atoms with E-state index in [9.17, 15) is 60.3 Å². The topological polar surface area (TPSA) is 247 Å². The van der Waals surface area contributed by atoms with Gasteiger partial charge in [-0.3, -0.25) is 40.5 Å². The molecular weight excluding hydrogens is 368 g/mol. The minimum Gasteiger partial charge on any atom is -0.477 e. The monoisotopic (exact) mass is 380 g/mol. The molecule has 0 heterocycles. The van der Waals surface area contributed by atoms with Gasteiger partial charge in [0.15, 0.2) is 0 Å². The molecule has 16 nitrogen and oxygen atoms in total. The maximum Gasteiger partial charge on any atom is 0.492 e. The van der Waals surface area contributed by atoms with Crippen molar-refractivity contribution < 1.29 is 39.5 Å². The highest BCUT2D eigenvalue weighted by atomic mass is 16.7. The molecule has 0 unspecified atom stereocenters. The Morgan fingerprint density at radius 1 is 0.692 bits per heavy atom. The van der Waals surface area contributed by atoms with Gasteiger partial charge in [-0.1, -0.05) is 13.8 Å². The maximum absolute atomic E-state index is 11.5. The van der Waals surface area contributed by atoms with E-state index in [2.05, 4.69) is 0 Å². The Morgan fingerprint density at radius 3 is 0.962 bits per heavy atom. The molecule has 0 radical (unpaired) electrons. The summed E-state index contributed by atoms with van der Waals surface area (Å²) in [5, 5.41) is 63.4. The van der Waals surface area contributed by atoms with Crippen molar-refractivity contribution in [2.24, 2.45) is 0 Å². The van der Waals surface area contributed by atoms with Crippen molar-refractivity contribution in [2.75, 3.05) is 0 Å². The highest BCUT2D eigenvalue weighted by Crippen LogP contribution is 2.36. The zero-order chi connectivity index (χ0) is 21.0. The molecule has 0 bridgehead atoms. The van der Waals surface area contributed by atoms with Gasteiger partial charge in [0.2, 0.25) is 11.1 Å². The third-order valence-electron chi connectivity index (χ3n) is 3.67. The summed E-state index contributed by atoms with van der Waals surface area (Å²) < 4.78 is 0. The first-order valence-corrected chi connectivity index (χ1v) is 6.58. The molecule has 0 spiro atoms. The molecule has 16 heteroatoms. The number of hydrogen-bond donors (Lipinski definition) is 2. The number of carboxylic acid groups (broad SMARTS) is 2. The lowest BCUT2D eigenvalue weighted by Crippen LogP contribution is -2.56. The van der Waals surface area contributed by atoms with Gasteiger partial charge in [-0.2, -0.15) is 0 Å². The summed E-state index contributed by atoms with van der Waals surface area (Å²) in [5.74, 6) is -5.17. The molecule has 0 aromatic rings. The van der Waals surface area contributed by atoms with Crippen LogP contribution in [0.4, 0.5) is 0 Å². The predicted molar refractivity (Wildman–Crippen MR) is 76.3 cm³/mol. The van der Waals surface area contributed by atoms with E-state index in [1.165, 1.54) is 0 Å². The fraction of sp³-hybridized carbons (Fsp3) is 0.600. The molecule has 0 saturated carbocycles. The molecule has 0 aliphatic carbocycles. The van der Waals surface area contributed by atoms with E-state index >= 15 is 0 Å². The SMILES string of the molecule is CCC(C(C(=O)O)=C(C(=O)O)C(CC)([N+](=O)[O-])[N+](=O)[O-])([N+](=O)[O-])[N+](=O)[O-]. The van der Waals surface area contributed by atoms with Crippen molar-refractivity contribution in [2.45, 2.75) is 38.0 Å². The van der Waals surface area contributed by atoms with Gasteiger partial charge >= 0.3 is 23.3 Å². The molecule has 0 aromatic carbocycles. The Balaban J connectivity index is 7.79. The molecule has 0 rings (SSSR count). The van der Waals surface area contributed by atoms with Crippen LogP contribution >= 0.6 is 0 Å². The number of aliphatic carboxylic acids is 2. The van der Waals surface area contributed by atoms with Crippen LogP contribution in [0.3, 0.4) is 0 Å². The van der Waals surface area contributed by atoms with E-state index in [0.29, 0.717) is 0 Å². The van der Waals surface area contributed by atoms with Crippen molar-refractivity contribution in [3.05, 3.63) is 51.6 Å². The standard InChI is InChI=1S/C10H12N4O12/c1-3-9(11(19)20,12(21)22)5(7(15)16)6(8(17)18)10(4-2,13(23)24)14(25)26/h3-4H2,1-2H3,(H,15,16)(H,17,18). The molecule has 0 saturated heterocycles. The first-order valence-electron chi connectivity index (χ1n) is 6.58. The third kappa shape index (κ3) is 2.98. The molecule has 26 heavy (non-hydrogen) atoms. The second-order valence-electron chi connectivity index (χ2n) is 4.73. The number of rotatable bonds is 10. The molecule has 2 N–H and O–H groups in total. The first-order chi connectivity index (χ1) is 11.8. The molecule has 0 atom stereocenters. The first kappa shape index (κ1) is 22.3. The van der Waals surface area contributed by atoms with Crippen LogP contribution in [0.25, 0.3) is 0 Å². The predicted octanol–water partition coefficient (Wildman–Crippen LogP) is -0.228. The zero-order valence-corrected chi connectivity index (χ0v) is 13.2. The van der Waals surface area contributed by atoms with Gasteiger partial charge in [0, 0.05) is 0 Å². The van der Waals surface area contributed by atoms with Crippen molar-refractivity contribution in [3.8, 4) is 0 Å². The van der Waals surface area contributed by atoms with Gasteiger partial charge < -0.3 is 10.2 Å². The Kier molecular flexibility index (Phi) is 6.38. The van der Waals surface area contributed by atoms with Gasteiger partial charge in [0.05, 0.1) is 12.8 Å². The maximum atomic E-state index is 11.5. The summed E-state index contributed by atoms with van der Waals surface area (Å²) in [4.78, 5) is 61.0. The number of hydrogen-bond acceptors (Lipinski definition) is 10. The molecular formula is C10H12N4O12. The van der Waals surface area contributed by atoms with Crippen LogP contribution < -0.4 is 0 Å². The van der Waals surface area contributed by atoms with Crippen LogP contribution in [-0.2, 0) is 9.59 Å². The van der Waals surface area contributed by atoms with Crippen molar-refractivity contribution in [3.63, 3.8) is 0 Å². The average molecular weight is 380 g/mol. The van der Waals surface area contributed by atoms with Crippen LogP contribution in [-0.4, -0.2) is 53.2 Å². The lowest BCUT2D eigenvalue weighted by atomic mass is 9.85. The average Bonchev–Trinajstić information content (AvgIpc) is 2.48. The Morgan fingerprint density at radius 2 is 0.885 bits per heavy atom. The van der Waals surface area contributed by atoms with E-state index in [1.807, 2.05) is 0 Å². The van der Waals surface area contributed by atoms with Crippen LogP contribution in [0, 0.1) is 40.5 Å². The Labute approximate surface area is 142 Å². The quantitative estimate of drug-likeness (QED) is 0.216. The molecule has 0 amide bonds. The minimum absolute atomic E-state index is 0.750. The van der Waals surface area contributed by atoms with Crippen LogP contribution in [0.1, 0.15) is 26.7 Å². The van der Waals surface area contributed by atoms with Crippen molar-refractivity contribution >= 4 is 11.9 Å². The third-order valence-corrected chi connectivity index (χ3v) is 3.67. The summed E-state index contributed by atoms with van der Waals surface area (Å²) >= 11 is 0. The van der Waals surface area contributed by atoms with E-state index < -0.39 is 66.9 Å². The summed E-state index contributed by atoms with van der Waals surface area (Å²) in [6, 6.07) is 0. The summed E-state index contributed by atoms with van der Waals surface area (Å²) in [5.41, 5.74) is -12.0. The zero-order valence-electron chi connectivity index (χ0n) is 13.2. The van der Waals surface area contributed by atoms with E-state index in [4.69, 9.17) is 0 Å². The lowest BCUT2D eigenvalue weighted by Gasteiger charge is -2.21. The van der Waals surface area contributed by atoms with Crippen LogP contribution in [0.5, 0.6) is 0 Å². The Hall–Kier alpha value is -3.72. The fourth-order valence-corrected chi connectivity index (χ4v) is 2.33. The highest BCUT2D eigenvalue weighted by molar-refractivity contribution is 6.01. The van der Waals surface area contributed by atoms with Crippen LogP contribution in [0.2, 0.25) is 0 Å². The molecule has 144 valence electrons. The van der Waals surface area contributed by atoms with E-state index in [1.54, 1.807) is 0 Å². The van der Waals surface area contributed by atoms with Gasteiger partial charge in [0.25, 0.3) is 0 Å². The smallest absolute Gasteiger partial charge is 0.477 e. The van der Waals surface area contributed by atoms with E-state index in [-0.39, 0.29) is 0 Å². The molecule has 0 aromatic heterocycles. The second kappa shape index (κ2) is 7.45. The normalized spacial score (nSPS) is 12.7. The fourth-order valence-electron chi connectivity index (χ4n) is 2.33. The number of nitro groups is 4. The van der Waals surface area contributed by atoms with Gasteiger partial charge in [-0.05, 0) is 0 Å². The van der Waals surface area contributed by atoms with E-state index in [0.717, 1.165) is 13.8 Å². The van der Waals surface area contributed by atoms with Gasteiger partial charge in [-0.15, -0.1) is 0 Å². The molecule has 0 aliphatic heterocycles. The second-order valence-corrected chi connectivity index (χ2v) is 4.73. The molecule has 0 aliphatic rings. The number of carbonyl (C=O) groups is 2. The molecule has 0 fully saturated rings. The Bertz CT molecular complexity index is 638. The largest absolute Gasteiger partial charge is 0.492 e.